The minimum absolute atomic E-state index is 0.638. The molecule has 0 atom stereocenters. The van der Waals surface area contributed by atoms with Crippen molar-refractivity contribution < 1.29 is 0 Å². The van der Waals surface area contributed by atoms with Crippen LogP contribution in [0.3, 0.4) is 0 Å². The van der Waals surface area contributed by atoms with E-state index >= 15 is 0 Å². The van der Waals surface area contributed by atoms with Crippen LogP contribution in [0.1, 0.15) is 18.5 Å². The maximum Gasteiger partial charge on any atom is 0.224 e. The molecule has 0 aliphatic heterocycles. The van der Waals surface area contributed by atoms with Crippen molar-refractivity contribution >= 4 is 11.8 Å². The highest BCUT2D eigenvalue weighted by molar-refractivity contribution is 5.43. The van der Waals surface area contributed by atoms with Crippen LogP contribution in [0, 0.1) is 6.92 Å². The van der Waals surface area contributed by atoms with Crippen molar-refractivity contribution in [2.45, 2.75) is 25.8 Å². The SMILES string of the molecule is CNc1nc(C)cc(NC2CC2)n1. The van der Waals surface area contributed by atoms with E-state index in [4.69, 9.17) is 0 Å². The van der Waals surface area contributed by atoms with Gasteiger partial charge in [-0.25, -0.2) is 4.98 Å². The number of hydrogen-bond acceptors (Lipinski definition) is 4. The molecule has 1 aliphatic carbocycles. The lowest BCUT2D eigenvalue weighted by Gasteiger charge is -2.06. The molecule has 1 aliphatic rings. The van der Waals surface area contributed by atoms with Gasteiger partial charge < -0.3 is 10.6 Å². The van der Waals surface area contributed by atoms with Crippen LogP contribution in [-0.4, -0.2) is 23.1 Å². The van der Waals surface area contributed by atoms with Crippen LogP contribution in [-0.2, 0) is 0 Å². The third kappa shape index (κ3) is 2.08. The van der Waals surface area contributed by atoms with E-state index in [2.05, 4.69) is 20.6 Å². The van der Waals surface area contributed by atoms with E-state index in [-0.39, 0.29) is 0 Å². The Morgan fingerprint density at radius 1 is 1.38 bits per heavy atom. The second-order valence-electron chi connectivity index (χ2n) is 3.39. The highest BCUT2D eigenvalue weighted by Gasteiger charge is 2.21. The predicted molar refractivity (Wildman–Crippen MR) is 53.0 cm³/mol. The van der Waals surface area contributed by atoms with Gasteiger partial charge in [-0.2, -0.15) is 4.98 Å². The van der Waals surface area contributed by atoms with Gasteiger partial charge in [0.25, 0.3) is 0 Å². The molecule has 0 aromatic carbocycles. The fraction of sp³-hybridized carbons (Fsp3) is 0.556. The first-order valence-corrected chi connectivity index (χ1v) is 4.58. The maximum absolute atomic E-state index is 4.30. The van der Waals surface area contributed by atoms with E-state index in [1.165, 1.54) is 12.8 Å². The Balaban J connectivity index is 2.17. The molecular formula is C9H14N4. The largest absolute Gasteiger partial charge is 0.367 e. The quantitative estimate of drug-likeness (QED) is 0.734. The minimum Gasteiger partial charge on any atom is -0.367 e. The van der Waals surface area contributed by atoms with Gasteiger partial charge in [0.05, 0.1) is 0 Å². The molecule has 2 rings (SSSR count). The van der Waals surface area contributed by atoms with E-state index < -0.39 is 0 Å². The number of hydrogen-bond donors (Lipinski definition) is 2. The molecule has 70 valence electrons. The number of anilines is 2. The number of nitrogens with zero attached hydrogens (tertiary/aromatic N) is 2. The van der Waals surface area contributed by atoms with Gasteiger partial charge in [-0.1, -0.05) is 0 Å². The number of rotatable bonds is 3. The zero-order valence-corrected chi connectivity index (χ0v) is 7.96. The van der Waals surface area contributed by atoms with Gasteiger partial charge in [-0.15, -0.1) is 0 Å². The monoisotopic (exact) mass is 178 g/mol. The lowest BCUT2D eigenvalue weighted by atomic mass is 10.4. The molecule has 0 unspecified atom stereocenters. The molecule has 1 fully saturated rings. The summed E-state index contributed by atoms with van der Waals surface area (Å²) < 4.78 is 0. The molecule has 4 nitrogen and oxygen atoms in total. The first-order valence-electron chi connectivity index (χ1n) is 4.58. The van der Waals surface area contributed by atoms with Gasteiger partial charge in [-0.05, 0) is 19.8 Å². The molecule has 1 saturated carbocycles. The molecule has 0 bridgehead atoms. The van der Waals surface area contributed by atoms with Crippen LogP contribution in [0.5, 0.6) is 0 Å². The molecule has 1 heterocycles. The zero-order valence-electron chi connectivity index (χ0n) is 7.96. The highest BCUT2D eigenvalue weighted by Crippen LogP contribution is 2.24. The molecule has 0 saturated heterocycles. The molecule has 4 heteroatoms. The summed E-state index contributed by atoms with van der Waals surface area (Å²) in [6.45, 7) is 1.97. The van der Waals surface area contributed by atoms with Gasteiger partial charge in [-0.3, -0.25) is 0 Å². The Morgan fingerprint density at radius 2 is 2.15 bits per heavy atom. The van der Waals surface area contributed by atoms with Crippen molar-refractivity contribution in [1.29, 1.82) is 0 Å². The molecule has 13 heavy (non-hydrogen) atoms. The molecule has 1 aromatic heterocycles. The molecule has 1 aromatic rings. The summed E-state index contributed by atoms with van der Waals surface area (Å²) >= 11 is 0. The van der Waals surface area contributed by atoms with Gasteiger partial charge in [0.2, 0.25) is 5.95 Å². The molecular weight excluding hydrogens is 164 g/mol. The van der Waals surface area contributed by atoms with E-state index in [0.717, 1.165) is 11.5 Å². The Bertz CT molecular complexity index is 306. The topological polar surface area (TPSA) is 49.8 Å². The lowest BCUT2D eigenvalue weighted by molar-refractivity contribution is 1.05. The van der Waals surface area contributed by atoms with Crippen LogP contribution in [0.25, 0.3) is 0 Å². The summed E-state index contributed by atoms with van der Waals surface area (Å²) in [6.07, 6.45) is 2.52. The summed E-state index contributed by atoms with van der Waals surface area (Å²) in [7, 11) is 1.83. The summed E-state index contributed by atoms with van der Waals surface area (Å²) in [5.74, 6) is 1.61. The smallest absolute Gasteiger partial charge is 0.224 e. The summed E-state index contributed by atoms with van der Waals surface area (Å²) in [6, 6.07) is 2.61. The highest BCUT2D eigenvalue weighted by atomic mass is 15.1. The summed E-state index contributed by atoms with van der Waals surface area (Å²) in [4.78, 5) is 8.52. The van der Waals surface area contributed by atoms with Crippen molar-refractivity contribution in [3.8, 4) is 0 Å². The van der Waals surface area contributed by atoms with Crippen molar-refractivity contribution in [1.82, 2.24) is 9.97 Å². The van der Waals surface area contributed by atoms with Gasteiger partial charge in [0.1, 0.15) is 5.82 Å². The molecule has 2 N–H and O–H groups in total. The van der Waals surface area contributed by atoms with E-state index in [1.54, 1.807) is 0 Å². The summed E-state index contributed by atoms with van der Waals surface area (Å²) in [5, 5.41) is 6.28. The third-order valence-corrected chi connectivity index (χ3v) is 2.01. The van der Waals surface area contributed by atoms with E-state index in [1.807, 2.05) is 20.0 Å². The third-order valence-electron chi connectivity index (χ3n) is 2.01. The standard InChI is InChI=1S/C9H14N4/c1-6-5-8(12-7-3-4-7)13-9(10-2)11-6/h5,7H,3-4H2,1-2H3,(H2,10,11,12,13). The second kappa shape index (κ2) is 3.20. The minimum atomic E-state index is 0.638. The van der Waals surface area contributed by atoms with Crippen molar-refractivity contribution in [3.63, 3.8) is 0 Å². The van der Waals surface area contributed by atoms with Crippen LogP contribution < -0.4 is 10.6 Å². The average molecular weight is 178 g/mol. The van der Waals surface area contributed by atoms with Crippen molar-refractivity contribution in [2.24, 2.45) is 0 Å². The second-order valence-corrected chi connectivity index (χ2v) is 3.39. The maximum atomic E-state index is 4.30. The zero-order chi connectivity index (χ0) is 9.26. The Hall–Kier alpha value is -1.32. The number of nitrogens with one attached hydrogen (secondary N) is 2. The normalized spacial score (nSPS) is 15.5. The van der Waals surface area contributed by atoms with Crippen LogP contribution in [0.15, 0.2) is 6.07 Å². The van der Waals surface area contributed by atoms with Crippen LogP contribution in [0.4, 0.5) is 11.8 Å². The summed E-state index contributed by atoms with van der Waals surface area (Å²) in [5.41, 5.74) is 0.988. The lowest BCUT2D eigenvalue weighted by Crippen LogP contribution is -2.06. The predicted octanol–water partition coefficient (Wildman–Crippen LogP) is 1.40. The molecule has 0 amide bonds. The Kier molecular flexibility index (Phi) is 2.04. The van der Waals surface area contributed by atoms with Gasteiger partial charge in [0.15, 0.2) is 0 Å². The van der Waals surface area contributed by atoms with Gasteiger partial charge >= 0.3 is 0 Å². The number of aromatic nitrogens is 2. The first kappa shape index (κ1) is 8.29. The van der Waals surface area contributed by atoms with E-state index in [9.17, 15) is 0 Å². The van der Waals surface area contributed by atoms with Crippen LogP contribution in [0.2, 0.25) is 0 Å². The Morgan fingerprint density at radius 3 is 2.77 bits per heavy atom. The molecule has 0 radical (unpaired) electrons. The van der Waals surface area contributed by atoms with Crippen LogP contribution >= 0.6 is 0 Å². The van der Waals surface area contributed by atoms with Gasteiger partial charge in [0, 0.05) is 24.8 Å². The van der Waals surface area contributed by atoms with Crippen molar-refractivity contribution in [3.05, 3.63) is 11.8 Å². The average Bonchev–Trinajstić information content (AvgIpc) is 2.87. The Labute approximate surface area is 77.8 Å². The van der Waals surface area contributed by atoms with E-state index in [0.29, 0.717) is 12.0 Å². The first-order chi connectivity index (χ1) is 6.28. The molecule has 0 spiro atoms. The fourth-order valence-corrected chi connectivity index (χ4v) is 1.19. The fourth-order valence-electron chi connectivity index (χ4n) is 1.19. The number of aryl methyl sites for hydroxylation is 1. The van der Waals surface area contributed by atoms with Crippen molar-refractivity contribution in [2.75, 3.05) is 17.7 Å².